The van der Waals surface area contributed by atoms with Crippen molar-refractivity contribution in [1.29, 1.82) is 0 Å². The number of benzene rings is 2. The fourth-order valence-electron chi connectivity index (χ4n) is 3.27. The van der Waals surface area contributed by atoms with Crippen LogP contribution in [0.2, 0.25) is 5.02 Å². The second-order valence-electron chi connectivity index (χ2n) is 7.16. The van der Waals surface area contributed by atoms with E-state index in [0.29, 0.717) is 27.5 Å². The Morgan fingerprint density at radius 1 is 1.00 bits per heavy atom. The number of hydrogen-bond acceptors (Lipinski definition) is 6. The number of carbonyl (C=O) groups excluding carboxylic acids is 1. The zero-order chi connectivity index (χ0) is 20.7. The van der Waals surface area contributed by atoms with Gasteiger partial charge in [-0.3, -0.25) is 4.98 Å². The van der Waals surface area contributed by atoms with Gasteiger partial charge in [0, 0.05) is 22.7 Å². The molecule has 1 saturated carbocycles. The molecule has 4 aromatic rings. The largest absolute Gasteiger partial charge is 0.458 e. The highest BCUT2D eigenvalue weighted by Crippen LogP contribution is 2.35. The molecule has 5 rings (SSSR count). The molecule has 0 aliphatic heterocycles. The third kappa shape index (κ3) is 3.46. The maximum absolute atomic E-state index is 12.6. The molecule has 1 aliphatic carbocycles. The third-order valence-corrected chi connectivity index (χ3v) is 5.18. The van der Waals surface area contributed by atoms with Gasteiger partial charge < -0.3 is 10.5 Å². The van der Waals surface area contributed by atoms with Crippen LogP contribution in [0.25, 0.3) is 33.4 Å². The minimum absolute atomic E-state index is 0.0130. The maximum atomic E-state index is 12.6. The van der Waals surface area contributed by atoms with Crippen molar-refractivity contribution in [2.75, 3.05) is 5.73 Å². The highest BCUT2D eigenvalue weighted by Gasteiger charge is 2.29. The highest BCUT2D eigenvalue weighted by molar-refractivity contribution is 6.35. The number of nitrogens with zero attached hydrogens (tertiary/aromatic N) is 3. The third-order valence-electron chi connectivity index (χ3n) is 4.89. The summed E-state index contributed by atoms with van der Waals surface area (Å²) in [5, 5.41) is 1.35. The number of esters is 1. The fraction of sp³-hybridized carbons (Fsp3) is 0.130. The number of pyridine rings is 1. The molecule has 2 aromatic heterocycles. The summed E-state index contributed by atoms with van der Waals surface area (Å²) in [5.74, 6) is -0.520. The number of anilines is 1. The molecule has 0 atom stereocenters. The van der Waals surface area contributed by atoms with Gasteiger partial charge in [0.1, 0.15) is 6.10 Å². The number of nitrogen functional groups attached to an aromatic ring is 1. The average molecular weight is 417 g/mol. The summed E-state index contributed by atoms with van der Waals surface area (Å²) in [6, 6.07) is 17.0. The van der Waals surface area contributed by atoms with E-state index in [4.69, 9.17) is 22.1 Å². The van der Waals surface area contributed by atoms with E-state index in [9.17, 15) is 4.79 Å². The van der Waals surface area contributed by atoms with Crippen molar-refractivity contribution in [2.24, 2.45) is 0 Å². The predicted molar refractivity (Wildman–Crippen MR) is 116 cm³/mol. The number of rotatable bonds is 4. The molecule has 0 spiro atoms. The van der Waals surface area contributed by atoms with Gasteiger partial charge in [0.25, 0.3) is 0 Å². The molecule has 1 fully saturated rings. The fourth-order valence-corrected chi connectivity index (χ4v) is 3.55. The Balaban J connectivity index is 1.72. The molecule has 0 amide bonds. The Bertz CT molecular complexity index is 1270. The first-order valence-electron chi connectivity index (χ1n) is 9.59. The van der Waals surface area contributed by atoms with Crippen molar-refractivity contribution >= 4 is 34.3 Å². The molecule has 1 aliphatic rings. The lowest BCUT2D eigenvalue weighted by Crippen LogP contribution is -2.14. The molecule has 148 valence electrons. The summed E-state index contributed by atoms with van der Waals surface area (Å²) in [5.41, 5.74) is 9.44. The molecule has 0 radical (unpaired) electrons. The molecular weight excluding hydrogens is 400 g/mol. The number of ether oxygens (including phenoxy) is 1. The Morgan fingerprint density at radius 2 is 1.77 bits per heavy atom. The summed E-state index contributed by atoms with van der Waals surface area (Å²) in [6.07, 6.45) is 3.36. The van der Waals surface area contributed by atoms with Crippen LogP contribution in [-0.2, 0) is 4.74 Å². The molecule has 2 aromatic carbocycles. The normalized spacial score (nSPS) is 13.4. The van der Waals surface area contributed by atoms with Gasteiger partial charge in [-0.25, -0.2) is 14.8 Å². The maximum Gasteiger partial charge on any atom is 0.361 e. The zero-order valence-corrected chi connectivity index (χ0v) is 16.6. The van der Waals surface area contributed by atoms with Crippen molar-refractivity contribution in [3.63, 3.8) is 0 Å². The minimum Gasteiger partial charge on any atom is -0.458 e. The van der Waals surface area contributed by atoms with Crippen LogP contribution in [0.15, 0.2) is 60.8 Å². The summed E-state index contributed by atoms with van der Waals surface area (Å²) in [6.45, 7) is 0. The lowest BCUT2D eigenvalue weighted by Gasteiger charge is -2.13. The first kappa shape index (κ1) is 18.5. The number of aromatic nitrogens is 3. The van der Waals surface area contributed by atoms with E-state index in [2.05, 4.69) is 15.0 Å². The first-order chi connectivity index (χ1) is 14.6. The van der Waals surface area contributed by atoms with Crippen molar-refractivity contribution in [1.82, 2.24) is 15.0 Å². The number of fused-ring (bicyclic) bond motifs is 1. The molecule has 2 N–H and O–H groups in total. The second kappa shape index (κ2) is 7.39. The van der Waals surface area contributed by atoms with Gasteiger partial charge >= 0.3 is 5.97 Å². The van der Waals surface area contributed by atoms with E-state index < -0.39 is 5.97 Å². The van der Waals surface area contributed by atoms with Crippen molar-refractivity contribution in [2.45, 2.75) is 18.9 Å². The molecule has 0 saturated heterocycles. The van der Waals surface area contributed by atoms with Gasteiger partial charge in [-0.1, -0.05) is 48.0 Å². The van der Waals surface area contributed by atoms with E-state index in [1.807, 2.05) is 48.5 Å². The smallest absolute Gasteiger partial charge is 0.361 e. The SMILES string of the molecule is Nc1nc(-c2ccccc2)c(-c2cc(Cl)c3ncccc3c2)nc1C(=O)OC1CC1. The molecule has 2 heterocycles. The summed E-state index contributed by atoms with van der Waals surface area (Å²) >= 11 is 6.49. The summed E-state index contributed by atoms with van der Waals surface area (Å²) in [7, 11) is 0. The van der Waals surface area contributed by atoms with Gasteiger partial charge in [0.15, 0.2) is 11.5 Å². The van der Waals surface area contributed by atoms with Crippen molar-refractivity contribution < 1.29 is 9.53 Å². The van der Waals surface area contributed by atoms with Crippen LogP contribution in [0.3, 0.4) is 0 Å². The van der Waals surface area contributed by atoms with Crippen LogP contribution in [0.5, 0.6) is 0 Å². The van der Waals surface area contributed by atoms with Crippen LogP contribution in [0, 0.1) is 0 Å². The lowest BCUT2D eigenvalue weighted by atomic mass is 10.0. The van der Waals surface area contributed by atoms with E-state index in [1.54, 1.807) is 12.3 Å². The summed E-state index contributed by atoms with van der Waals surface area (Å²) in [4.78, 5) is 26.1. The Hall–Kier alpha value is -3.51. The van der Waals surface area contributed by atoms with Crippen LogP contribution in [-0.4, -0.2) is 27.0 Å². The average Bonchev–Trinajstić information content (AvgIpc) is 3.58. The minimum atomic E-state index is -0.558. The number of hydrogen-bond donors (Lipinski definition) is 1. The standard InChI is InChI=1S/C23H17ClN4O2/c24-17-12-15(11-14-7-4-10-26-18(14)17)20-19(13-5-2-1-3-6-13)28-22(25)21(27-20)23(29)30-16-8-9-16/h1-7,10-12,16H,8-9H2,(H2,25,28). The second-order valence-corrected chi connectivity index (χ2v) is 7.57. The molecule has 7 heteroatoms. The highest BCUT2D eigenvalue weighted by atomic mass is 35.5. The first-order valence-corrected chi connectivity index (χ1v) is 9.96. The quantitative estimate of drug-likeness (QED) is 0.475. The van der Waals surface area contributed by atoms with E-state index in [1.165, 1.54) is 0 Å². The van der Waals surface area contributed by atoms with Gasteiger partial charge in [-0.2, -0.15) is 0 Å². The zero-order valence-electron chi connectivity index (χ0n) is 15.9. The van der Waals surface area contributed by atoms with Crippen LogP contribution in [0.4, 0.5) is 5.82 Å². The Morgan fingerprint density at radius 3 is 2.53 bits per heavy atom. The van der Waals surface area contributed by atoms with Gasteiger partial charge in [-0.15, -0.1) is 0 Å². The predicted octanol–water partition coefficient (Wildman–Crippen LogP) is 4.91. The van der Waals surface area contributed by atoms with Gasteiger partial charge in [0.2, 0.25) is 0 Å². The number of halogens is 1. The number of carbonyl (C=O) groups is 1. The van der Waals surface area contributed by atoms with Crippen molar-refractivity contribution in [3.05, 3.63) is 71.5 Å². The van der Waals surface area contributed by atoms with Crippen LogP contribution >= 0.6 is 11.6 Å². The molecule has 30 heavy (non-hydrogen) atoms. The van der Waals surface area contributed by atoms with E-state index >= 15 is 0 Å². The Kier molecular flexibility index (Phi) is 4.56. The monoisotopic (exact) mass is 416 g/mol. The topological polar surface area (TPSA) is 91.0 Å². The van der Waals surface area contributed by atoms with E-state index in [0.717, 1.165) is 23.8 Å². The molecular formula is C23H17ClN4O2. The van der Waals surface area contributed by atoms with Crippen molar-refractivity contribution in [3.8, 4) is 22.5 Å². The Labute approximate surface area is 177 Å². The van der Waals surface area contributed by atoms with E-state index in [-0.39, 0.29) is 17.6 Å². The lowest BCUT2D eigenvalue weighted by molar-refractivity contribution is 0.0466. The van der Waals surface area contributed by atoms with Gasteiger partial charge in [0.05, 0.1) is 21.9 Å². The number of nitrogens with two attached hydrogens (primary N) is 1. The van der Waals surface area contributed by atoms with Crippen LogP contribution in [0.1, 0.15) is 23.3 Å². The molecule has 0 unspecified atom stereocenters. The molecule has 0 bridgehead atoms. The van der Waals surface area contributed by atoms with Gasteiger partial charge in [-0.05, 0) is 31.0 Å². The molecule has 6 nitrogen and oxygen atoms in total. The van der Waals surface area contributed by atoms with Crippen LogP contribution < -0.4 is 5.73 Å². The summed E-state index contributed by atoms with van der Waals surface area (Å²) < 4.78 is 5.40.